The van der Waals surface area contributed by atoms with Gasteiger partial charge in [0.2, 0.25) is 11.8 Å². The number of amides is 3. The van der Waals surface area contributed by atoms with E-state index in [1.54, 1.807) is 30.1 Å². The molecule has 10 heteroatoms. The minimum atomic E-state index is -0.763. The van der Waals surface area contributed by atoms with Gasteiger partial charge >= 0.3 is 11.8 Å². The zero-order valence-corrected chi connectivity index (χ0v) is 19.7. The molecule has 0 saturated carbocycles. The van der Waals surface area contributed by atoms with E-state index in [4.69, 9.17) is 9.47 Å². The third kappa shape index (κ3) is 4.70. The standard InChI is InChI=1S/C24H28N4O6/c1-24(2,3)34-23(32)27-12-13-33-16(14-27)9-8-15-6-5-7-17-20(15)26(4)22(31)28(17)18-10-11-19(29)25-21(18)30/h5-7,16,18H,10-14H2,1-4H3,(H,25,29,30)/t16-,18?/m0/s1. The fourth-order valence-corrected chi connectivity index (χ4v) is 4.16. The van der Waals surface area contributed by atoms with Crippen LogP contribution in [-0.2, 0) is 26.1 Å². The summed E-state index contributed by atoms with van der Waals surface area (Å²) < 4.78 is 14.0. The Bertz CT molecular complexity index is 1270. The summed E-state index contributed by atoms with van der Waals surface area (Å²) in [7, 11) is 1.62. The number of fused-ring (bicyclic) bond motifs is 1. The van der Waals surface area contributed by atoms with Crippen molar-refractivity contribution in [1.29, 1.82) is 0 Å². The number of benzene rings is 1. The minimum absolute atomic E-state index is 0.173. The zero-order valence-electron chi connectivity index (χ0n) is 19.7. The maximum Gasteiger partial charge on any atom is 0.410 e. The van der Waals surface area contributed by atoms with Gasteiger partial charge in [-0.15, -0.1) is 0 Å². The van der Waals surface area contributed by atoms with E-state index >= 15 is 0 Å². The van der Waals surface area contributed by atoms with Crippen LogP contribution in [0.1, 0.15) is 45.2 Å². The van der Waals surface area contributed by atoms with Gasteiger partial charge in [-0.25, -0.2) is 9.59 Å². The van der Waals surface area contributed by atoms with Crippen molar-refractivity contribution < 1.29 is 23.9 Å². The quantitative estimate of drug-likeness (QED) is 0.499. The van der Waals surface area contributed by atoms with Crippen LogP contribution < -0.4 is 11.0 Å². The van der Waals surface area contributed by atoms with Gasteiger partial charge in [-0.05, 0) is 39.3 Å². The number of nitrogens with one attached hydrogen (secondary N) is 1. The molecule has 0 aliphatic carbocycles. The number of hydrogen-bond acceptors (Lipinski definition) is 6. The van der Waals surface area contributed by atoms with E-state index in [2.05, 4.69) is 17.2 Å². The maximum atomic E-state index is 13.0. The lowest BCUT2D eigenvalue weighted by atomic mass is 10.1. The Labute approximate surface area is 196 Å². The molecule has 1 unspecified atom stereocenters. The molecule has 0 spiro atoms. The van der Waals surface area contributed by atoms with E-state index in [9.17, 15) is 19.2 Å². The number of para-hydroxylation sites is 1. The summed E-state index contributed by atoms with van der Waals surface area (Å²) in [5, 5.41) is 2.31. The number of aryl methyl sites for hydroxylation is 1. The maximum absolute atomic E-state index is 13.0. The second-order valence-electron chi connectivity index (χ2n) is 9.41. The predicted molar refractivity (Wildman–Crippen MR) is 123 cm³/mol. The smallest absolute Gasteiger partial charge is 0.410 e. The van der Waals surface area contributed by atoms with Crippen LogP contribution in [0.5, 0.6) is 0 Å². The first-order valence-electron chi connectivity index (χ1n) is 11.2. The van der Waals surface area contributed by atoms with Gasteiger partial charge < -0.3 is 14.4 Å². The minimum Gasteiger partial charge on any atom is -0.444 e. The molecule has 1 aromatic carbocycles. The molecule has 2 saturated heterocycles. The van der Waals surface area contributed by atoms with Crippen molar-refractivity contribution in [1.82, 2.24) is 19.4 Å². The third-order valence-electron chi connectivity index (χ3n) is 5.71. The number of imide groups is 1. The van der Waals surface area contributed by atoms with Crippen molar-refractivity contribution in [3.8, 4) is 11.8 Å². The van der Waals surface area contributed by atoms with Gasteiger partial charge in [-0.2, -0.15) is 0 Å². The highest BCUT2D eigenvalue weighted by Gasteiger charge is 2.32. The molecule has 2 aliphatic heterocycles. The number of imidazole rings is 1. The molecular formula is C24H28N4O6. The van der Waals surface area contributed by atoms with E-state index in [1.807, 2.05) is 20.8 Å². The van der Waals surface area contributed by atoms with Crippen LogP contribution in [0.15, 0.2) is 23.0 Å². The highest BCUT2D eigenvalue weighted by Crippen LogP contribution is 2.24. The Morgan fingerprint density at radius 3 is 2.71 bits per heavy atom. The Hall–Kier alpha value is -3.58. The SMILES string of the molecule is Cn1c(=O)n(C2CCC(=O)NC2=O)c2cccc(C#C[C@H]3CN(C(=O)OC(C)(C)C)CCO3)c21. The Kier molecular flexibility index (Phi) is 6.23. The zero-order chi connectivity index (χ0) is 24.6. The summed E-state index contributed by atoms with van der Waals surface area (Å²) in [6.07, 6.45) is -0.485. The summed E-state index contributed by atoms with van der Waals surface area (Å²) >= 11 is 0. The number of rotatable bonds is 1. The number of hydrogen-bond donors (Lipinski definition) is 1. The van der Waals surface area contributed by atoms with Crippen molar-refractivity contribution >= 4 is 28.9 Å². The highest BCUT2D eigenvalue weighted by atomic mass is 16.6. The number of ether oxygens (including phenoxy) is 2. The number of piperidine rings is 1. The average Bonchev–Trinajstić information content (AvgIpc) is 3.02. The normalized spacial score (nSPS) is 21.1. The summed E-state index contributed by atoms with van der Waals surface area (Å²) in [5.41, 5.74) is 0.801. The molecule has 0 bridgehead atoms. The van der Waals surface area contributed by atoms with Crippen LogP contribution in [0.2, 0.25) is 0 Å². The molecule has 10 nitrogen and oxygen atoms in total. The molecule has 0 radical (unpaired) electrons. The molecule has 180 valence electrons. The van der Waals surface area contributed by atoms with E-state index < -0.39 is 29.7 Å². The Morgan fingerprint density at radius 1 is 1.24 bits per heavy atom. The van der Waals surface area contributed by atoms with Crippen molar-refractivity contribution in [2.45, 2.75) is 51.4 Å². The van der Waals surface area contributed by atoms with Crippen molar-refractivity contribution in [3.05, 3.63) is 34.2 Å². The monoisotopic (exact) mass is 468 g/mol. The lowest BCUT2D eigenvalue weighted by Crippen LogP contribution is -2.47. The van der Waals surface area contributed by atoms with Crippen LogP contribution >= 0.6 is 0 Å². The van der Waals surface area contributed by atoms with Gasteiger partial charge in [0.1, 0.15) is 17.7 Å². The molecule has 34 heavy (non-hydrogen) atoms. The first kappa shape index (κ1) is 23.6. The molecule has 1 N–H and O–H groups in total. The predicted octanol–water partition coefficient (Wildman–Crippen LogP) is 1.31. The molecule has 3 heterocycles. The lowest BCUT2D eigenvalue weighted by molar-refractivity contribution is -0.135. The van der Waals surface area contributed by atoms with Crippen molar-refractivity contribution in [2.75, 3.05) is 19.7 Å². The molecule has 2 aliphatic rings. The number of carbonyl (C=O) groups is 3. The lowest BCUT2D eigenvalue weighted by Gasteiger charge is -2.32. The summed E-state index contributed by atoms with van der Waals surface area (Å²) in [4.78, 5) is 51.0. The first-order valence-corrected chi connectivity index (χ1v) is 11.2. The molecule has 3 amide bonds. The van der Waals surface area contributed by atoms with Gasteiger partial charge in [-0.3, -0.25) is 24.0 Å². The van der Waals surface area contributed by atoms with Crippen LogP contribution in [-0.4, -0.2) is 63.3 Å². The Morgan fingerprint density at radius 2 is 2.00 bits per heavy atom. The van der Waals surface area contributed by atoms with Crippen LogP contribution in [0.4, 0.5) is 4.79 Å². The second-order valence-corrected chi connectivity index (χ2v) is 9.41. The highest BCUT2D eigenvalue weighted by molar-refractivity contribution is 6.00. The van der Waals surface area contributed by atoms with Crippen molar-refractivity contribution in [3.63, 3.8) is 0 Å². The van der Waals surface area contributed by atoms with Gasteiger partial charge in [0.05, 0.1) is 29.7 Å². The summed E-state index contributed by atoms with van der Waals surface area (Å²) in [6, 6.07) is 4.55. The molecular weight excluding hydrogens is 440 g/mol. The van der Waals surface area contributed by atoms with Gasteiger partial charge in [0, 0.05) is 20.0 Å². The van der Waals surface area contributed by atoms with E-state index in [0.717, 1.165) is 0 Å². The van der Waals surface area contributed by atoms with Gasteiger partial charge in [0.15, 0.2) is 0 Å². The molecule has 2 aromatic rings. The van der Waals surface area contributed by atoms with E-state index in [1.165, 1.54) is 9.13 Å². The first-order chi connectivity index (χ1) is 16.0. The summed E-state index contributed by atoms with van der Waals surface area (Å²) in [6.45, 7) is 6.48. The third-order valence-corrected chi connectivity index (χ3v) is 5.71. The average molecular weight is 469 g/mol. The number of carbonyl (C=O) groups excluding carboxylic acids is 3. The number of nitrogens with zero attached hydrogens (tertiary/aromatic N) is 3. The number of morpholine rings is 1. The van der Waals surface area contributed by atoms with Crippen LogP contribution in [0.3, 0.4) is 0 Å². The van der Waals surface area contributed by atoms with Crippen LogP contribution in [0, 0.1) is 11.8 Å². The number of aromatic nitrogens is 2. The molecule has 2 fully saturated rings. The fourth-order valence-electron chi connectivity index (χ4n) is 4.16. The summed E-state index contributed by atoms with van der Waals surface area (Å²) in [5.74, 6) is 5.32. The molecule has 4 rings (SSSR count). The molecule has 1 aromatic heterocycles. The van der Waals surface area contributed by atoms with E-state index in [0.29, 0.717) is 29.7 Å². The van der Waals surface area contributed by atoms with Gasteiger partial charge in [-0.1, -0.05) is 17.9 Å². The largest absolute Gasteiger partial charge is 0.444 e. The van der Waals surface area contributed by atoms with E-state index in [-0.39, 0.29) is 31.0 Å². The van der Waals surface area contributed by atoms with Crippen LogP contribution in [0.25, 0.3) is 11.0 Å². The topological polar surface area (TPSA) is 112 Å². The molecule has 2 atom stereocenters. The fraction of sp³-hybridized carbons (Fsp3) is 0.500. The van der Waals surface area contributed by atoms with Gasteiger partial charge in [0.25, 0.3) is 0 Å². The second kappa shape index (κ2) is 8.99. The van der Waals surface area contributed by atoms with Crippen molar-refractivity contribution in [2.24, 2.45) is 7.05 Å². The Balaban J connectivity index is 1.62.